The zero-order chi connectivity index (χ0) is 13.8. The third kappa shape index (κ3) is 4.03. The Bertz CT molecular complexity index is 554. The largest absolute Gasteiger partial charge is 0.329 e. The van der Waals surface area contributed by atoms with Crippen molar-refractivity contribution in [1.29, 1.82) is 0 Å². The predicted octanol–water partition coefficient (Wildman–Crippen LogP) is 3.65. The molecular weight excluding hydrogens is 322 g/mol. The van der Waals surface area contributed by atoms with E-state index >= 15 is 0 Å². The molecule has 1 unspecified atom stereocenters. The lowest BCUT2D eigenvalue weighted by molar-refractivity contribution is 0.877. The van der Waals surface area contributed by atoms with Gasteiger partial charge in [-0.3, -0.25) is 0 Å². The van der Waals surface area contributed by atoms with Gasteiger partial charge in [0, 0.05) is 27.7 Å². The highest BCUT2D eigenvalue weighted by Gasteiger charge is 2.14. The number of nitrogens with zero attached hydrogens (tertiary/aromatic N) is 2. The summed E-state index contributed by atoms with van der Waals surface area (Å²) in [6, 6.07) is 10.2. The number of hydrogen-bond donors (Lipinski definition) is 1. The molecule has 2 N–H and O–H groups in total. The Morgan fingerprint density at radius 2 is 1.89 bits per heavy atom. The monoisotopic (exact) mass is 337 g/mol. The fraction of sp³-hybridized carbons (Fsp3) is 0.286. The number of hydrogen-bond acceptors (Lipinski definition) is 4. The fourth-order valence-electron chi connectivity index (χ4n) is 1.83. The van der Waals surface area contributed by atoms with E-state index in [1.54, 1.807) is 11.8 Å². The van der Waals surface area contributed by atoms with E-state index in [9.17, 15) is 0 Å². The van der Waals surface area contributed by atoms with Crippen molar-refractivity contribution < 1.29 is 0 Å². The van der Waals surface area contributed by atoms with Gasteiger partial charge in [0.25, 0.3) is 0 Å². The Kier molecular flexibility index (Phi) is 4.96. The van der Waals surface area contributed by atoms with Crippen molar-refractivity contribution in [2.24, 2.45) is 5.73 Å². The summed E-state index contributed by atoms with van der Waals surface area (Å²) >= 11 is 5.10. The van der Waals surface area contributed by atoms with E-state index in [2.05, 4.69) is 38.0 Å². The second kappa shape index (κ2) is 6.50. The summed E-state index contributed by atoms with van der Waals surface area (Å²) in [4.78, 5) is 8.91. The van der Waals surface area contributed by atoms with Crippen molar-refractivity contribution in [2.75, 3.05) is 6.54 Å². The lowest BCUT2D eigenvalue weighted by atomic mass is 10.1. The lowest BCUT2D eigenvalue weighted by Crippen LogP contribution is -2.10. The number of aryl methyl sites for hydroxylation is 2. The van der Waals surface area contributed by atoms with Crippen LogP contribution in [0.25, 0.3) is 0 Å². The number of halogens is 1. The van der Waals surface area contributed by atoms with Gasteiger partial charge in [0.1, 0.15) is 0 Å². The summed E-state index contributed by atoms with van der Waals surface area (Å²) in [5, 5.41) is 0.951. The molecule has 0 saturated heterocycles. The zero-order valence-electron chi connectivity index (χ0n) is 10.9. The van der Waals surface area contributed by atoms with Crippen LogP contribution in [0.15, 0.2) is 40.0 Å². The first kappa shape index (κ1) is 14.5. The molecule has 0 radical (unpaired) electrons. The highest BCUT2D eigenvalue weighted by Crippen LogP contribution is 2.33. The van der Waals surface area contributed by atoms with E-state index < -0.39 is 0 Å². The summed E-state index contributed by atoms with van der Waals surface area (Å²) < 4.78 is 1.06. The Labute approximate surface area is 126 Å². The molecule has 2 rings (SSSR count). The molecule has 1 aromatic heterocycles. The highest BCUT2D eigenvalue weighted by molar-refractivity contribution is 9.10. The maximum atomic E-state index is 5.89. The van der Waals surface area contributed by atoms with Gasteiger partial charge in [-0.05, 0) is 37.6 Å². The van der Waals surface area contributed by atoms with Crippen LogP contribution in [0.3, 0.4) is 0 Å². The van der Waals surface area contributed by atoms with Gasteiger partial charge in [-0.2, -0.15) is 0 Å². The van der Waals surface area contributed by atoms with E-state index in [1.807, 2.05) is 32.0 Å². The van der Waals surface area contributed by atoms with Gasteiger partial charge in [0.05, 0.1) is 0 Å². The van der Waals surface area contributed by atoms with Crippen LogP contribution in [-0.4, -0.2) is 16.5 Å². The van der Waals surface area contributed by atoms with Crippen LogP contribution in [0.4, 0.5) is 0 Å². The first-order chi connectivity index (χ1) is 9.08. The van der Waals surface area contributed by atoms with Crippen molar-refractivity contribution in [2.45, 2.75) is 24.3 Å². The Morgan fingerprint density at radius 3 is 2.47 bits per heavy atom. The van der Waals surface area contributed by atoms with Gasteiger partial charge < -0.3 is 5.73 Å². The lowest BCUT2D eigenvalue weighted by Gasteiger charge is -2.14. The average molecular weight is 338 g/mol. The number of thioether (sulfide) groups is 1. The molecule has 0 aliphatic heterocycles. The average Bonchev–Trinajstić information content (AvgIpc) is 2.34. The normalized spacial score (nSPS) is 12.4. The maximum Gasteiger partial charge on any atom is 0.188 e. The molecule has 2 aromatic rings. The van der Waals surface area contributed by atoms with Crippen LogP contribution in [0.5, 0.6) is 0 Å². The molecule has 5 heteroatoms. The van der Waals surface area contributed by atoms with E-state index in [0.717, 1.165) is 21.0 Å². The fourth-order valence-corrected chi connectivity index (χ4v) is 3.28. The first-order valence-corrected chi connectivity index (χ1v) is 7.70. The molecule has 0 bridgehead atoms. The quantitative estimate of drug-likeness (QED) is 0.683. The molecule has 0 fully saturated rings. The number of aromatic nitrogens is 2. The van der Waals surface area contributed by atoms with Crippen LogP contribution >= 0.6 is 27.7 Å². The van der Waals surface area contributed by atoms with Crippen LogP contribution in [0, 0.1) is 13.8 Å². The minimum absolute atomic E-state index is 0.165. The second-order valence-electron chi connectivity index (χ2n) is 4.33. The van der Waals surface area contributed by atoms with Gasteiger partial charge >= 0.3 is 0 Å². The van der Waals surface area contributed by atoms with Crippen molar-refractivity contribution in [3.05, 3.63) is 51.8 Å². The molecule has 1 heterocycles. The van der Waals surface area contributed by atoms with E-state index in [4.69, 9.17) is 5.73 Å². The van der Waals surface area contributed by atoms with Crippen molar-refractivity contribution in [3.63, 3.8) is 0 Å². The molecule has 0 saturated carbocycles. The Morgan fingerprint density at radius 1 is 1.21 bits per heavy atom. The Balaban J connectivity index is 2.23. The van der Waals surface area contributed by atoms with Gasteiger partial charge in [-0.15, -0.1) is 0 Å². The third-order valence-corrected chi connectivity index (χ3v) is 4.28. The number of nitrogens with two attached hydrogens (primary N) is 1. The zero-order valence-corrected chi connectivity index (χ0v) is 13.3. The van der Waals surface area contributed by atoms with Crippen LogP contribution in [0.2, 0.25) is 0 Å². The van der Waals surface area contributed by atoms with Crippen molar-refractivity contribution in [1.82, 2.24) is 9.97 Å². The van der Waals surface area contributed by atoms with Gasteiger partial charge in [0.15, 0.2) is 5.16 Å². The van der Waals surface area contributed by atoms with Crippen molar-refractivity contribution in [3.8, 4) is 0 Å². The predicted molar refractivity (Wildman–Crippen MR) is 83.3 cm³/mol. The summed E-state index contributed by atoms with van der Waals surface area (Å²) in [5.41, 5.74) is 9.04. The van der Waals surface area contributed by atoms with Gasteiger partial charge in [-0.25, -0.2) is 9.97 Å². The number of rotatable bonds is 4. The van der Waals surface area contributed by atoms with E-state index in [0.29, 0.717) is 6.54 Å². The molecule has 1 atom stereocenters. The molecule has 3 nitrogen and oxygen atoms in total. The first-order valence-electron chi connectivity index (χ1n) is 6.03. The summed E-state index contributed by atoms with van der Waals surface area (Å²) in [6.07, 6.45) is 0. The van der Waals surface area contributed by atoms with Gasteiger partial charge in [0.2, 0.25) is 0 Å². The molecule has 0 amide bonds. The molecule has 0 aliphatic rings. The molecule has 0 aliphatic carbocycles. The smallest absolute Gasteiger partial charge is 0.188 e. The molecule has 100 valence electrons. The van der Waals surface area contributed by atoms with Crippen LogP contribution < -0.4 is 5.73 Å². The molecule has 19 heavy (non-hydrogen) atoms. The molecule has 0 spiro atoms. The SMILES string of the molecule is Cc1cc(C)nc(SC(CN)c2cccc(Br)c2)n1. The maximum absolute atomic E-state index is 5.89. The summed E-state index contributed by atoms with van der Waals surface area (Å²) in [5.74, 6) is 0. The van der Waals surface area contributed by atoms with Crippen molar-refractivity contribution >= 4 is 27.7 Å². The molecular formula is C14H16BrN3S. The minimum atomic E-state index is 0.165. The second-order valence-corrected chi connectivity index (χ2v) is 6.42. The molecule has 1 aromatic carbocycles. The van der Waals surface area contributed by atoms with E-state index in [-0.39, 0.29) is 5.25 Å². The highest BCUT2D eigenvalue weighted by atomic mass is 79.9. The topological polar surface area (TPSA) is 51.8 Å². The van der Waals surface area contributed by atoms with E-state index in [1.165, 1.54) is 5.56 Å². The Hall–Kier alpha value is -0.910. The third-order valence-electron chi connectivity index (χ3n) is 2.64. The van der Waals surface area contributed by atoms with Crippen LogP contribution in [-0.2, 0) is 0 Å². The van der Waals surface area contributed by atoms with Gasteiger partial charge in [-0.1, -0.05) is 39.8 Å². The standard InChI is InChI=1S/C14H16BrN3S/c1-9-6-10(2)18-14(17-9)19-13(8-16)11-4-3-5-12(15)7-11/h3-7,13H,8,16H2,1-2H3. The number of benzene rings is 1. The summed E-state index contributed by atoms with van der Waals surface area (Å²) in [6.45, 7) is 4.52. The summed E-state index contributed by atoms with van der Waals surface area (Å²) in [7, 11) is 0. The minimum Gasteiger partial charge on any atom is -0.329 e. The van der Waals surface area contributed by atoms with Crippen LogP contribution in [0.1, 0.15) is 22.2 Å².